The lowest BCUT2D eigenvalue weighted by atomic mass is 9.80. The van der Waals surface area contributed by atoms with Crippen molar-refractivity contribution in [3.63, 3.8) is 0 Å². The number of halogens is 3. The van der Waals surface area contributed by atoms with E-state index in [-0.39, 0.29) is 24.8 Å². The van der Waals surface area contributed by atoms with Crippen LogP contribution in [0.5, 0.6) is 0 Å². The molecule has 0 spiro atoms. The Morgan fingerprint density at radius 3 is 2.68 bits per heavy atom. The van der Waals surface area contributed by atoms with E-state index in [4.69, 9.17) is 0 Å². The summed E-state index contributed by atoms with van der Waals surface area (Å²) in [5.41, 5.74) is 0. The van der Waals surface area contributed by atoms with Crippen molar-refractivity contribution in [3.05, 3.63) is 0 Å². The monoisotopic (exact) mass is 278 g/mol. The Bertz CT molecular complexity index is 332. The first-order valence-corrected chi connectivity index (χ1v) is 6.97. The van der Waals surface area contributed by atoms with Crippen LogP contribution >= 0.6 is 0 Å². The van der Waals surface area contributed by atoms with Crippen molar-refractivity contribution >= 4 is 5.91 Å². The number of alkyl halides is 3. The molecular formula is C13H21F3N2O. The third-order valence-electron chi connectivity index (χ3n) is 4.17. The number of nitrogens with zero attached hydrogens (tertiary/aromatic N) is 1. The minimum Gasteiger partial charge on any atom is -0.340 e. The van der Waals surface area contributed by atoms with Gasteiger partial charge in [-0.05, 0) is 26.2 Å². The molecule has 0 aromatic heterocycles. The summed E-state index contributed by atoms with van der Waals surface area (Å²) in [7, 11) is 0. The molecule has 1 saturated carbocycles. The molecule has 2 aliphatic rings. The van der Waals surface area contributed by atoms with Crippen molar-refractivity contribution in [2.45, 2.75) is 44.8 Å². The summed E-state index contributed by atoms with van der Waals surface area (Å²) in [6.07, 6.45) is -2.91. The second kappa shape index (κ2) is 5.69. The molecule has 0 radical (unpaired) electrons. The van der Waals surface area contributed by atoms with E-state index in [0.717, 1.165) is 6.54 Å². The minimum absolute atomic E-state index is 0.0271. The van der Waals surface area contributed by atoms with Crippen molar-refractivity contribution in [2.75, 3.05) is 19.6 Å². The van der Waals surface area contributed by atoms with Gasteiger partial charge in [0.05, 0.1) is 5.92 Å². The number of rotatable bonds is 1. The highest BCUT2D eigenvalue weighted by Crippen LogP contribution is 2.40. The largest absolute Gasteiger partial charge is 0.391 e. The first-order valence-electron chi connectivity index (χ1n) is 6.97. The molecule has 110 valence electrons. The van der Waals surface area contributed by atoms with Gasteiger partial charge in [-0.2, -0.15) is 13.2 Å². The minimum atomic E-state index is -4.16. The van der Waals surface area contributed by atoms with E-state index in [9.17, 15) is 18.0 Å². The Morgan fingerprint density at radius 2 is 2.05 bits per heavy atom. The summed E-state index contributed by atoms with van der Waals surface area (Å²) in [6, 6.07) is 0.222. The molecule has 1 saturated heterocycles. The molecule has 2 rings (SSSR count). The van der Waals surface area contributed by atoms with Crippen LogP contribution in [-0.4, -0.2) is 42.7 Å². The molecule has 1 amide bonds. The van der Waals surface area contributed by atoms with Gasteiger partial charge in [0.2, 0.25) is 5.91 Å². The van der Waals surface area contributed by atoms with E-state index >= 15 is 0 Å². The van der Waals surface area contributed by atoms with Gasteiger partial charge in [0.25, 0.3) is 0 Å². The van der Waals surface area contributed by atoms with Crippen LogP contribution in [-0.2, 0) is 4.79 Å². The van der Waals surface area contributed by atoms with Crippen LogP contribution in [0.25, 0.3) is 0 Å². The Balaban J connectivity index is 1.95. The second-order valence-electron chi connectivity index (χ2n) is 5.74. The van der Waals surface area contributed by atoms with Crippen LogP contribution in [0.4, 0.5) is 13.2 Å². The van der Waals surface area contributed by atoms with Gasteiger partial charge in [0, 0.05) is 31.6 Å². The molecule has 3 nitrogen and oxygen atoms in total. The number of amides is 1. The summed E-state index contributed by atoms with van der Waals surface area (Å²) >= 11 is 0. The fraction of sp³-hybridized carbons (Fsp3) is 0.923. The molecule has 1 aliphatic heterocycles. The van der Waals surface area contributed by atoms with Crippen molar-refractivity contribution in [2.24, 2.45) is 11.8 Å². The lowest BCUT2D eigenvalue weighted by molar-refractivity contribution is -0.187. The molecule has 0 bridgehead atoms. The fourth-order valence-corrected chi connectivity index (χ4v) is 3.10. The first-order chi connectivity index (χ1) is 8.88. The second-order valence-corrected chi connectivity index (χ2v) is 5.74. The highest BCUT2D eigenvalue weighted by Gasteiger charge is 2.44. The average molecular weight is 278 g/mol. The fourth-order valence-electron chi connectivity index (χ4n) is 3.10. The van der Waals surface area contributed by atoms with Crippen LogP contribution in [0.1, 0.15) is 32.6 Å². The smallest absolute Gasteiger partial charge is 0.340 e. The molecule has 1 heterocycles. The molecule has 0 aromatic rings. The maximum atomic E-state index is 12.7. The first kappa shape index (κ1) is 14.6. The zero-order valence-corrected chi connectivity index (χ0v) is 11.2. The molecule has 2 fully saturated rings. The summed E-state index contributed by atoms with van der Waals surface area (Å²) in [4.78, 5) is 14.0. The van der Waals surface area contributed by atoms with E-state index in [2.05, 4.69) is 5.32 Å². The average Bonchev–Trinajstić information content (AvgIpc) is 2.37. The zero-order chi connectivity index (χ0) is 14.0. The van der Waals surface area contributed by atoms with Crippen molar-refractivity contribution in [3.8, 4) is 0 Å². The highest BCUT2D eigenvalue weighted by atomic mass is 19.4. The van der Waals surface area contributed by atoms with E-state index in [1.54, 1.807) is 4.90 Å². The van der Waals surface area contributed by atoms with Gasteiger partial charge in [-0.3, -0.25) is 4.79 Å². The van der Waals surface area contributed by atoms with E-state index < -0.39 is 18.0 Å². The van der Waals surface area contributed by atoms with Gasteiger partial charge >= 0.3 is 6.18 Å². The summed E-state index contributed by atoms with van der Waals surface area (Å²) in [6.45, 7) is 3.92. The lowest BCUT2D eigenvalue weighted by Crippen LogP contribution is -2.53. The molecule has 19 heavy (non-hydrogen) atoms. The van der Waals surface area contributed by atoms with Gasteiger partial charge in [-0.1, -0.05) is 6.42 Å². The zero-order valence-electron chi connectivity index (χ0n) is 11.2. The van der Waals surface area contributed by atoms with Crippen molar-refractivity contribution in [1.82, 2.24) is 10.2 Å². The SMILES string of the molecule is CC1CN(C(=O)C2CCCC(C(F)(F)F)C2)CCN1. The molecule has 6 heteroatoms. The standard InChI is InChI=1S/C13H21F3N2O/c1-9-8-18(6-5-17-9)12(19)10-3-2-4-11(7-10)13(14,15)16/h9-11,17H,2-8H2,1H3. The lowest BCUT2D eigenvalue weighted by Gasteiger charge is -2.37. The number of piperazine rings is 1. The Hall–Kier alpha value is -0.780. The topological polar surface area (TPSA) is 32.3 Å². The third kappa shape index (κ3) is 3.61. The number of carbonyl (C=O) groups excluding carboxylic acids is 1. The maximum absolute atomic E-state index is 12.7. The number of hydrogen-bond donors (Lipinski definition) is 1. The van der Waals surface area contributed by atoms with E-state index in [1.807, 2.05) is 6.92 Å². The third-order valence-corrected chi connectivity index (χ3v) is 4.17. The Kier molecular flexibility index (Phi) is 4.38. The summed E-state index contributed by atoms with van der Waals surface area (Å²) in [5.74, 6) is -1.82. The number of carbonyl (C=O) groups is 1. The molecule has 1 N–H and O–H groups in total. The molecule has 0 aromatic carbocycles. The number of hydrogen-bond acceptors (Lipinski definition) is 2. The van der Waals surface area contributed by atoms with Gasteiger partial charge in [0.1, 0.15) is 0 Å². The molecular weight excluding hydrogens is 257 g/mol. The molecule has 1 aliphatic carbocycles. The Morgan fingerprint density at radius 1 is 1.32 bits per heavy atom. The van der Waals surface area contributed by atoms with Gasteiger partial charge in [0.15, 0.2) is 0 Å². The molecule has 3 atom stereocenters. The van der Waals surface area contributed by atoms with Gasteiger partial charge in [-0.15, -0.1) is 0 Å². The normalized spacial score (nSPS) is 33.3. The van der Waals surface area contributed by atoms with Crippen molar-refractivity contribution < 1.29 is 18.0 Å². The van der Waals surface area contributed by atoms with Crippen LogP contribution in [0.2, 0.25) is 0 Å². The van der Waals surface area contributed by atoms with Crippen LogP contribution in [0.15, 0.2) is 0 Å². The van der Waals surface area contributed by atoms with E-state index in [1.165, 1.54) is 0 Å². The molecule has 3 unspecified atom stereocenters. The Labute approximate surface area is 111 Å². The predicted octanol–water partition coefficient (Wildman–Crippen LogP) is 2.18. The predicted molar refractivity (Wildman–Crippen MR) is 65.5 cm³/mol. The van der Waals surface area contributed by atoms with Crippen molar-refractivity contribution in [1.29, 1.82) is 0 Å². The highest BCUT2D eigenvalue weighted by molar-refractivity contribution is 5.79. The summed E-state index contributed by atoms with van der Waals surface area (Å²) < 4.78 is 38.2. The number of nitrogens with one attached hydrogen (secondary N) is 1. The van der Waals surface area contributed by atoms with E-state index in [0.29, 0.717) is 25.9 Å². The quantitative estimate of drug-likeness (QED) is 0.797. The summed E-state index contributed by atoms with van der Waals surface area (Å²) in [5, 5.41) is 3.23. The maximum Gasteiger partial charge on any atom is 0.391 e. The van der Waals surface area contributed by atoms with Crippen LogP contribution in [0, 0.1) is 11.8 Å². The van der Waals surface area contributed by atoms with Gasteiger partial charge in [-0.25, -0.2) is 0 Å². The van der Waals surface area contributed by atoms with Crippen LogP contribution in [0.3, 0.4) is 0 Å². The van der Waals surface area contributed by atoms with Crippen LogP contribution < -0.4 is 5.32 Å². The van der Waals surface area contributed by atoms with Gasteiger partial charge < -0.3 is 10.2 Å².